The van der Waals surface area contributed by atoms with Crippen molar-refractivity contribution < 1.29 is 30.4 Å². The number of benzene rings is 2. The van der Waals surface area contributed by atoms with Crippen molar-refractivity contribution in [3.05, 3.63) is 59.2 Å². The fraction of sp³-hybridized carbons (Fsp3) is 0.400. The third-order valence-electron chi connectivity index (χ3n) is 5.18. The van der Waals surface area contributed by atoms with Gasteiger partial charge in [0.15, 0.2) is 0 Å². The highest BCUT2D eigenvalue weighted by molar-refractivity contribution is 7.89. The van der Waals surface area contributed by atoms with Gasteiger partial charge >= 0.3 is 6.18 Å². The Balaban J connectivity index is 1.93. The summed E-state index contributed by atoms with van der Waals surface area (Å²) in [6.45, 7) is 4.21. The maximum absolute atomic E-state index is 14.1. The summed E-state index contributed by atoms with van der Waals surface area (Å²) in [5.74, 6) is -1.91. The smallest absolute Gasteiger partial charge is 0.369 e. The van der Waals surface area contributed by atoms with Crippen LogP contribution in [0.5, 0.6) is 0 Å². The second kappa shape index (κ2) is 8.71. The molecule has 1 unspecified atom stereocenters. The van der Waals surface area contributed by atoms with Crippen molar-refractivity contribution in [2.45, 2.75) is 24.0 Å². The van der Waals surface area contributed by atoms with Gasteiger partial charge in [-0.3, -0.25) is 0 Å². The average molecular weight is 463 g/mol. The molecule has 3 rings (SSSR count). The van der Waals surface area contributed by atoms with Crippen molar-refractivity contribution >= 4 is 15.7 Å². The minimum absolute atomic E-state index is 0.247. The lowest BCUT2D eigenvalue weighted by Crippen LogP contribution is -2.45. The zero-order chi connectivity index (χ0) is 23.0. The summed E-state index contributed by atoms with van der Waals surface area (Å²) in [7, 11) is -2.70. The van der Waals surface area contributed by atoms with E-state index >= 15 is 0 Å². The fourth-order valence-corrected chi connectivity index (χ4v) is 4.78. The molecular weight excluding hydrogens is 441 g/mol. The minimum atomic E-state index is -4.83. The van der Waals surface area contributed by atoms with Crippen LogP contribution in [-0.4, -0.2) is 46.5 Å². The lowest BCUT2D eigenvalue weighted by molar-refractivity contribution is -0.137. The average Bonchev–Trinajstić information content (AvgIpc) is 2.67. The molecule has 2 aromatic carbocycles. The molecule has 5 nitrogen and oxygen atoms in total. The highest BCUT2D eigenvalue weighted by Crippen LogP contribution is 2.33. The quantitative estimate of drug-likeness (QED) is 0.686. The largest absolute Gasteiger partial charge is 0.416 e. The van der Waals surface area contributed by atoms with E-state index in [4.69, 9.17) is 0 Å². The van der Waals surface area contributed by atoms with Crippen LogP contribution in [0.1, 0.15) is 24.1 Å². The summed E-state index contributed by atoms with van der Waals surface area (Å²) in [5.41, 5.74) is -0.375. The molecule has 11 heteroatoms. The van der Waals surface area contributed by atoms with E-state index in [1.165, 1.54) is 25.1 Å². The van der Waals surface area contributed by atoms with E-state index < -0.39 is 44.3 Å². The first-order valence-corrected chi connectivity index (χ1v) is 11.0. The first-order valence-electron chi connectivity index (χ1n) is 9.50. The predicted octanol–water partition coefficient (Wildman–Crippen LogP) is 3.77. The molecule has 0 aliphatic carbocycles. The van der Waals surface area contributed by atoms with Crippen molar-refractivity contribution in [2.75, 3.05) is 38.1 Å². The molecule has 2 aromatic rings. The topological polar surface area (TPSA) is 52.7 Å². The highest BCUT2D eigenvalue weighted by Gasteiger charge is 2.33. The Kier molecular flexibility index (Phi) is 6.59. The molecule has 0 spiro atoms. The zero-order valence-corrected chi connectivity index (χ0v) is 17.7. The van der Waals surface area contributed by atoms with E-state index in [0.717, 1.165) is 13.1 Å². The molecule has 1 atom stereocenters. The molecule has 0 bridgehead atoms. The molecule has 1 heterocycles. The number of hydrogen-bond donors (Lipinski definition) is 1. The van der Waals surface area contributed by atoms with Gasteiger partial charge in [0.25, 0.3) is 0 Å². The van der Waals surface area contributed by atoms with Gasteiger partial charge < -0.3 is 9.80 Å². The number of anilines is 1. The number of nitrogens with one attached hydrogen (secondary N) is 1. The number of nitrogens with zero attached hydrogens (tertiary/aromatic N) is 2. The van der Waals surface area contributed by atoms with E-state index in [2.05, 4.69) is 9.62 Å². The monoisotopic (exact) mass is 463 g/mol. The van der Waals surface area contributed by atoms with Gasteiger partial charge in [-0.15, -0.1) is 0 Å². The van der Waals surface area contributed by atoms with Gasteiger partial charge in [-0.25, -0.2) is 21.9 Å². The van der Waals surface area contributed by atoms with Crippen LogP contribution in [0.2, 0.25) is 0 Å². The molecule has 0 amide bonds. The second-order valence-electron chi connectivity index (χ2n) is 7.48. The molecule has 1 aliphatic rings. The lowest BCUT2D eigenvalue weighted by atomic mass is 10.0. The van der Waals surface area contributed by atoms with Gasteiger partial charge in [0, 0.05) is 37.9 Å². The number of likely N-dealkylation sites (N-methyl/N-ethyl adjacent to an activating group) is 1. The van der Waals surface area contributed by atoms with Gasteiger partial charge in [-0.1, -0.05) is 0 Å². The Morgan fingerprint density at radius 1 is 1.00 bits per heavy atom. The number of piperazine rings is 1. The molecule has 0 radical (unpaired) electrons. The lowest BCUT2D eigenvalue weighted by Gasteiger charge is -2.36. The van der Waals surface area contributed by atoms with E-state index in [9.17, 15) is 30.4 Å². The van der Waals surface area contributed by atoms with Crippen LogP contribution in [0, 0.1) is 11.6 Å². The van der Waals surface area contributed by atoms with Crippen LogP contribution in [0.25, 0.3) is 0 Å². The van der Waals surface area contributed by atoms with E-state index in [1.54, 1.807) is 0 Å². The van der Waals surface area contributed by atoms with Crippen molar-refractivity contribution in [2.24, 2.45) is 0 Å². The molecule has 1 N–H and O–H groups in total. The molecule has 1 fully saturated rings. The van der Waals surface area contributed by atoms with E-state index in [0.29, 0.717) is 36.5 Å². The molecular formula is C20H22F5N3O2S. The molecule has 0 saturated carbocycles. The third-order valence-corrected chi connectivity index (χ3v) is 6.74. The van der Waals surface area contributed by atoms with E-state index in [-0.39, 0.29) is 6.07 Å². The fourth-order valence-electron chi connectivity index (χ4n) is 3.45. The van der Waals surface area contributed by atoms with Crippen molar-refractivity contribution in [1.82, 2.24) is 9.62 Å². The number of alkyl halides is 3. The normalized spacial score (nSPS) is 17.1. The van der Waals surface area contributed by atoms with Crippen LogP contribution in [0.3, 0.4) is 0 Å². The summed E-state index contributed by atoms with van der Waals surface area (Å²) in [6, 6.07) is 4.11. The van der Waals surface area contributed by atoms with Gasteiger partial charge in [0.1, 0.15) is 16.5 Å². The summed E-state index contributed by atoms with van der Waals surface area (Å²) in [6.07, 6.45) is -4.83. The molecule has 1 saturated heterocycles. The molecule has 170 valence electrons. The summed E-state index contributed by atoms with van der Waals surface area (Å²) in [5, 5.41) is 0. The summed E-state index contributed by atoms with van der Waals surface area (Å²) in [4.78, 5) is 2.97. The van der Waals surface area contributed by atoms with Crippen LogP contribution in [0.4, 0.5) is 27.6 Å². The number of rotatable bonds is 5. The highest BCUT2D eigenvalue weighted by atomic mass is 32.2. The molecule has 0 aromatic heterocycles. The summed E-state index contributed by atoms with van der Waals surface area (Å²) >= 11 is 0. The first kappa shape index (κ1) is 23.4. The first-order chi connectivity index (χ1) is 14.4. The summed E-state index contributed by atoms with van der Waals surface area (Å²) < 4.78 is 94.5. The minimum Gasteiger partial charge on any atom is -0.369 e. The van der Waals surface area contributed by atoms with Crippen LogP contribution >= 0.6 is 0 Å². The standard InChI is InChI=1S/C20H22F5N3O2S/c1-13(16-12-15(21)4-6-18(16)28-9-7-27(2)8-10-28)26-31(29,30)19-11-14(20(23,24)25)3-5-17(19)22/h3-6,11-13,26H,7-10H2,1-2H3. The second-order valence-corrected chi connectivity index (χ2v) is 9.16. The maximum atomic E-state index is 14.1. The Morgan fingerprint density at radius 2 is 1.65 bits per heavy atom. The van der Waals surface area contributed by atoms with Gasteiger partial charge in [0.05, 0.1) is 5.56 Å². The van der Waals surface area contributed by atoms with Gasteiger partial charge in [-0.05, 0) is 55.9 Å². The van der Waals surface area contributed by atoms with Gasteiger partial charge in [0.2, 0.25) is 10.0 Å². The number of sulfonamides is 1. The van der Waals surface area contributed by atoms with Crippen molar-refractivity contribution in [3.8, 4) is 0 Å². The van der Waals surface area contributed by atoms with Crippen LogP contribution in [-0.2, 0) is 16.2 Å². The van der Waals surface area contributed by atoms with Crippen molar-refractivity contribution in [1.29, 1.82) is 0 Å². The Hall–Kier alpha value is -2.24. The molecule has 31 heavy (non-hydrogen) atoms. The van der Waals surface area contributed by atoms with Crippen molar-refractivity contribution in [3.63, 3.8) is 0 Å². The van der Waals surface area contributed by atoms with Crippen LogP contribution < -0.4 is 9.62 Å². The third kappa shape index (κ3) is 5.34. The van der Waals surface area contributed by atoms with E-state index in [1.807, 2.05) is 11.9 Å². The SMILES string of the molecule is CC(NS(=O)(=O)c1cc(C(F)(F)F)ccc1F)c1cc(F)ccc1N1CCN(C)CC1. The Morgan fingerprint density at radius 3 is 2.26 bits per heavy atom. The van der Waals surface area contributed by atoms with Crippen LogP contribution in [0.15, 0.2) is 41.3 Å². The Bertz CT molecular complexity index is 1050. The maximum Gasteiger partial charge on any atom is 0.416 e. The predicted molar refractivity (Wildman–Crippen MR) is 106 cm³/mol. The van der Waals surface area contributed by atoms with Gasteiger partial charge in [-0.2, -0.15) is 13.2 Å². The number of hydrogen-bond acceptors (Lipinski definition) is 4. The Labute approximate surface area is 177 Å². The molecule has 1 aliphatic heterocycles. The zero-order valence-electron chi connectivity index (χ0n) is 16.9. The number of halogens is 5.